The van der Waals surface area contributed by atoms with E-state index in [1.54, 1.807) is 30.3 Å². The lowest BCUT2D eigenvalue weighted by atomic mass is 10.0. The van der Waals surface area contributed by atoms with Crippen LogP contribution in [0.3, 0.4) is 0 Å². The maximum atomic E-state index is 12.3. The summed E-state index contributed by atoms with van der Waals surface area (Å²) in [5.74, 6) is -1.09. The molecule has 0 radical (unpaired) electrons. The molecule has 0 fully saturated rings. The lowest BCUT2D eigenvalue weighted by Gasteiger charge is -2.18. The topological polar surface area (TPSA) is 142 Å². The first kappa shape index (κ1) is 20.9. The molecule has 0 aliphatic heterocycles. The van der Waals surface area contributed by atoms with Gasteiger partial charge in [0, 0.05) is 10.6 Å². The molecule has 3 aromatic rings. The van der Waals surface area contributed by atoms with Gasteiger partial charge in [-0.15, -0.1) is 0 Å². The number of halogens is 1. The number of carbonyl (C=O) groups excluding carboxylic acids is 3. The molecule has 4 amide bonds. The zero-order chi connectivity index (χ0) is 21.5. The van der Waals surface area contributed by atoms with E-state index in [1.165, 1.54) is 0 Å². The predicted octanol–water partition coefficient (Wildman–Crippen LogP) is 2.29. The second kappa shape index (κ2) is 9.57. The van der Waals surface area contributed by atoms with E-state index >= 15 is 0 Å². The SMILES string of the molecule is NC(=O)N[C@@H](CC(=O)NNC(=O)c1cc(-c2ccccc2)n[nH]1)c1ccc(Cl)cc1. The Morgan fingerprint density at radius 1 is 1.03 bits per heavy atom. The number of primary amides is 1. The molecule has 0 aliphatic carbocycles. The summed E-state index contributed by atoms with van der Waals surface area (Å²) in [5, 5.41) is 9.73. The van der Waals surface area contributed by atoms with Crippen molar-refractivity contribution in [3.05, 3.63) is 76.9 Å². The molecule has 0 spiro atoms. The lowest BCUT2D eigenvalue weighted by Crippen LogP contribution is -2.44. The number of H-pyrrole nitrogens is 1. The number of urea groups is 1. The quantitative estimate of drug-likeness (QED) is 0.385. The zero-order valence-electron chi connectivity index (χ0n) is 15.7. The maximum Gasteiger partial charge on any atom is 0.312 e. The van der Waals surface area contributed by atoms with Crippen molar-refractivity contribution in [2.75, 3.05) is 0 Å². The number of aromatic nitrogens is 2. The van der Waals surface area contributed by atoms with E-state index in [0.29, 0.717) is 16.3 Å². The Labute approximate surface area is 177 Å². The Bertz CT molecular complexity index is 1040. The molecule has 0 saturated heterocycles. The van der Waals surface area contributed by atoms with Gasteiger partial charge in [0.1, 0.15) is 5.69 Å². The van der Waals surface area contributed by atoms with Crippen LogP contribution in [0.1, 0.15) is 28.5 Å². The van der Waals surface area contributed by atoms with Crippen LogP contribution in [0.15, 0.2) is 60.7 Å². The van der Waals surface area contributed by atoms with Gasteiger partial charge in [0.2, 0.25) is 5.91 Å². The monoisotopic (exact) mass is 426 g/mol. The molecule has 0 unspecified atom stereocenters. The van der Waals surface area contributed by atoms with E-state index < -0.39 is 23.9 Å². The first-order valence-corrected chi connectivity index (χ1v) is 9.31. The van der Waals surface area contributed by atoms with Gasteiger partial charge in [-0.3, -0.25) is 25.5 Å². The number of nitrogens with zero attached hydrogens (tertiary/aromatic N) is 1. The van der Waals surface area contributed by atoms with Gasteiger partial charge in [-0.25, -0.2) is 4.79 Å². The summed E-state index contributed by atoms with van der Waals surface area (Å²) >= 11 is 5.86. The third kappa shape index (κ3) is 5.58. The fourth-order valence-corrected chi connectivity index (χ4v) is 2.87. The summed E-state index contributed by atoms with van der Waals surface area (Å²) in [6.45, 7) is 0. The minimum absolute atomic E-state index is 0.150. The molecule has 9 nitrogen and oxygen atoms in total. The van der Waals surface area contributed by atoms with Gasteiger partial charge in [0.05, 0.1) is 18.2 Å². The summed E-state index contributed by atoms with van der Waals surface area (Å²) in [5.41, 5.74) is 12.1. The van der Waals surface area contributed by atoms with Crippen molar-refractivity contribution in [2.45, 2.75) is 12.5 Å². The molecule has 154 valence electrons. The van der Waals surface area contributed by atoms with Crippen LogP contribution in [-0.2, 0) is 4.79 Å². The normalized spacial score (nSPS) is 11.4. The fourth-order valence-electron chi connectivity index (χ4n) is 2.74. The van der Waals surface area contributed by atoms with Gasteiger partial charge in [0.15, 0.2) is 0 Å². The van der Waals surface area contributed by atoms with Gasteiger partial charge in [-0.2, -0.15) is 5.10 Å². The average molecular weight is 427 g/mol. The summed E-state index contributed by atoms with van der Waals surface area (Å²) < 4.78 is 0. The van der Waals surface area contributed by atoms with E-state index in [2.05, 4.69) is 26.4 Å². The molecule has 1 aromatic heterocycles. The smallest absolute Gasteiger partial charge is 0.312 e. The van der Waals surface area contributed by atoms with E-state index in [-0.39, 0.29) is 12.1 Å². The zero-order valence-corrected chi connectivity index (χ0v) is 16.4. The van der Waals surface area contributed by atoms with Gasteiger partial charge in [-0.1, -0.05) is 54.1 Å². The van der Waals surface area contributed by atoms with Crippen molar-refractivity contribution < 1.29 is 14.4 Å². The van der Waals surface area contributed by atoms with Crippen LogP contribution in [0.25, 0.3) is 11.3 Å². The van der Waals surface area contributed by atoms with E-state index in [0.717, 1.165) is 5.56 Å². The third-order valence-corrected chi connectivity index (χ3v) is 4.44. The number of nitrogens with two attached hydrogens (primary N) is 1. The first-order valence-electron chi connectivity index (χ1n) is 8.94. The van der Waals surface area contributed by atoms with E-state index in [1.807, 2.05) is 30.3 Å². The van der Waals surface area contributed by atoms with Gasteiger partial charge in [0.25, 0.3) is 5.91 Å². The van der Waals surface area contributed by atoms with Crippen molar-refractivity contribution in [3.8, 4) is 11.3 Å². The van der Waals surface area contributed by atoms with Crippen molar-refractivity contribution in [1.29, 1.82) is 0 Å². The Kier molecular flexibility index (Phi) is 6.66. The molecule has 6 N–H and O–H groups in total. The molecule has 10 heteroatoms. The van der Waals surface area contributed by atoms with Gasteiger partial charge in [-0.05, 0) is 23.8 Å². The Morgan fingerprint density at radius 3 is 2.40 bits per heavy atom. The Balaban J connectivity index is 1.58. The highest BCUT2D eigenvalue weighted by Crippen LogP contribution is 2.19. The molecule has 1 heterocycles. The number of rotatable bonds is 6. The van der Waals surface area contributed by atoms with Crippen molar-refractivity contribution in [3.63, 3.8) is 0 Å². The summed E-state index contributed by atoms with van der Waals surface area (Å²) in [7, 11) is 0. The average Bonchev–Trinajstić information content (AvgIpc) is 3.23. The Hall–Kier alpha value is -3.85. The summed E-state index contributed by atoms with van der Waals surface area (Å²) in [6.07, 6.45) is -0.150. The van der Waals surface area contributed by atoms with Crippen molar-refractivity contribution in [1.82, 2.24) is 26.4 Å². The molecular formula is C20H19ClN6O3. The Morgan fingerprint density at radius 2 is 1.73 bits per heavy atom. The van der Waals surface area contributed by atoms with Crippen LogP contribution in [-0.4, -0.2) is 28.0 Å². The highest BCUT2D eigenvalue weighted by Gasteiger charge is 2.18. The minimum atomic E-state index is -0.780. The number of nitrogens with one attached hydrogen (secondary N) is 4. The number of hydrazine groups is 1. The van der Waals surface area contributed by atoms with E-state index in [9.17, 15) is 14.4 Å². The van der Waals surface area contributed by atoms with Crippen molar-refractivity contribution >= 4 is 29.4 Å². The highest BCUT2D eigenvalue weighted by atomic mass is 35.5. The van der Waals surface area contributed by atoms with Crippen LogP contribution in [0, 0.1) is 0 Å². The molecule has 0 saturated carbocycles. The number of amides is 4. The van der Waals surface area contributed by atoms with Crippen LogP contribution in [0.4, 0.5) is 4.79 Å². The number of benzene rings is 2. The second-order valence-electron chi connectivity index (χ2n) is 6.35. The molecular weight excluding hydrogens is 408 g/mol. The third-order valence-electron chi connectivity index (χ3n) is 4.19. The van der Waals surface area contributed by atoms with E-state index in [4.69, 9.17) is 17.3 Å². The fraction of sp³-hybridized carbons (Fsp3) is 0.100. The largest absolute Gasteiger partial charge is 0.352 e. The van der Waals surface area contributed by atoms with Crippen LogP contribution < -0.4 is 21.9 Å². The van der Waals surface area contributed by atoms with Gasteiger partial charge >= 0.3 is 6.03 Å². The maximum absolute atomic E-state index is 12.3. The molecule has 0 aliphatic rings. The van der Waals surface area contributed by atoms with Gasteiger partial charge < -0.3 is 11.1 Å². The summed E-state index contributed by atoms with van der Waals surface area (Å²) in [6, 6.07) is 16.0. The molecule has 30 heavy (non-hydrogen) atoms. The standard InChI is InChI=1S/C20H19ClN6O3/c21-14-8-6-13(7-9-14)15(23-20(22)30)11-18(28)26-27-19(29)17-10-16(24-25-17)12-4-2-1-3-5-12/h1-10,15H,11H2,(H,24,25)(H,26,28)(H,27,29)(H3,22,23,30)/t15-/m0/s1. The van der Waals surface area contributed by atoms with Crippen LogP contribution in [0.2, 0.25) is 5.02 Å². The molecule has 0 bridgehead atoms. The summed E-state index contributed by atoms with van der Waals surface area (Å²) in [4.78, 5) is 35.8. The highest BCUT2D eigenvalue weighted by molar-refractivity contribution is 6.30. The number of hydrogen-bond donors (Lipinski definition) is 5. The number of hydrogen-bond acceptors (Lipinski definition) is 4. The van der Waals surface area contributed by atoms with Crippen LogP contribution >= 0.6 is 11.6 Å². The molecule has 2 aromatic carbocycles. The minimum Gasteiger partial charge on any atom is -0.352 e. The second-order valence-corrected chi connectivity index (χ2v) is 6.79. The number of carbonyl (C=O) groups is 3. The molecule has 3 rings (SSSR count). The number of aromatic amines is 1. The van der Waals surface area contributed by atoms with Crippen LogP contribution in [0.5, 0.6) is 0 Å². The first-order chi connectivity index (χ1) is 14.4. The molecule has 1 atom stereocenters. The predicted molar refractivity (Wildman–Crippen MR) is 111 cm³/mol. The van der Waals surface area contributed by atoms with Crippen molar-refractivity contribution in [2.24, 2.45) is 5.73 Å². The lowest BCUT2D eigenvalue weighted by molar-refractivity contribution is -0.122.